The molecule has 0 heterocycles. The van der Waals surface area contributed by atoms with E-state index in [2.05, 4.69) is 17.6 Å². The number of carbonyl (C=O) groups excluding carboxylic acids is 1. The molecule has 0 radical (unpaired) electrons. The molecule has 0 aromatic heterocycles. The second-order valence-electron chi connectivity index (χ2n) is 5.56. The Hall–Kier alpha value is -1.22. The molecule has 1 aliphatic rings. The molecule has 0 saturated heterocycles. The van der Waals surface area contributed by atoms with Gasteiger partial charge in [-0.25, -0.2) is 0 Å². The largest absolute Gasteiger partial charge is 0.381 e. The van der Waals surface area contributed by atoms with E-state index in [4.69, 9.17) is 11.6 Å². The summed E-state index contributed by atoms with van der Waals surface area (Å²) >= 11 is 6.24. The van der Waals surface area contributed by atoms with Gasteiger partial charge in [0.25, 0.3) is 5.91 Å². The van der Waals surface area contributed by atoms with Crippen molar-refractivity contribution in [1.82, 2.24) is 5.32 Å². The van der Waals surface area contributed by atoms with Crippen molar-refractivity contribution in [3.63, 3.8) is 0 Å². The molecule has 1 fully saturated rings. The minimum atomic E-state index is -0.0835. The Bertz CT molecular complexity index is 476. The highest BCUT2D eigenvalue weighted by molar-refractivity contribution is 6.33. The summed E-state index contributed by atoms with van der Waals surface area (Å²) in [4.78, 5) is 11.7. The van der Waals surface area contributed by atoms with Crippen molar-refractivity contribution in [2.45, 2.75) is 45.1 Å². The Morgan fingerprint density at radius 1 is 1.40 bits per heavy atom. The number of halogens is 1. The lowest BCUT2D eigenvalue weighted by Gasteiger charge is -2.30. The second-order valence-corrected chi connectivity index (χ2v) is 5.96. The molecule has 1 saturated carbocycles. The molecule has 3 nitrogen and oxygen atoms in total. The molecule has 1 aromatic carbocycles. The van der Waals surface area contributed by atoms with E-state index >= 15 is 0 Å². The van der Waals surface area contributed by atoms with Gasteiger partial charge in [0.05, 0.1) is 10.7 Å². The van der Waals surface area contributed by atoms with Crippen LogP contribution in [0.5, 0.6) is 0 Å². The zero-order chi connectivity index (χ0) is 14.5. The van der Waals surface area contributed by atoms with Gasteiger partial charge in [0.1, 0.15) is 0 Å². The number of nitrogens with one attached hydrogen (secondary N) is 2. The molecule has 0 bridgehead atoms. The van der Waals surface area contributed by atoms with Gasteiger partial charge in [-0.2, -0.15) is 0 Å². The van der Waals surface area contributed by atoms with Gasteiger partial charge in [-0.3, -0.25) is 4.79 Å². The molecule has 0 spiro atoms. The Morgan fingerprint density at radius 2 is 2.20 bits per heavy atom. The first-order chi connectivity index (χ1) is 9.63. The fourth-order valence-electron chi connectivity index (χ4n) is 2.93. The van der Waals surface area contributed by atoms with Crippen LogP contribution in [0.25, 0.3) is 0 Å². The maximum atomic E-state index is 11.7. The van der Waals surface area contributed by atoms with Crippen molar-refractivity contribution in [3.05, 3.63) is 28.8 Å². The summed E-state index contributed by atoms with van der Waals surface area (Å²) in [7, 11) is 1.64. The van der Waals surface area contributed by atoms with Crippen LogP contribution in [0, 0.1) is 5.92 Å². The van der Waals surface area contributed by atoms with E-state index in [0.717, 1.165) is 11.6 Å². The highest BCUT2D eigenvalue weighted by Gasteiger charge is 2.21. The van der Waals surface area contributed by atoms with E-state index in [1.165, 1.54) is 32.1 Å². The predicted octanol–water partition coefficient (Wildman–Crippen LogP) is 4.08. The van der Waals surface area contributed by atoms with Gasteiger partial charge in [-0.15, -0.1) is 0 Å². The lowest BCUT2D eigenvalue weighted by Crippen LogP contribution is -2.27. The smallest absolute Gasteiger partial charge is 0.251 e. The van der Waals surface area contributed by atoms with Crippen LogP contribution in [0.2, 0.25) is 5.02 Å². The predicted molar refractivity (Wildman–Crippen MR) is 84.5 cm³/mol. The lowest BCUT2D eigenvalue weighted by atomic mass is 9.84. The topological polar surface area (TPSA) is 41.1 Å². The van der Waals surface area contributed by atoms with E-state index in [9.17, 15) is 4.79 Å². The summed E-state index contributed by atoms with van der Waals surface area (Å²) in [6.07, 6.45) is 6.21. The van der Waals surface area contributed by atoms with Crippen molar-refractivity contribution in [1.29, 1.82) is 0 Å². The average Bonchev–Trinajstić information content (AvgIpc) is 2.49. The minimum Gasteiger partial charge on any atom is -0.381 e. The monoisotopic (exact) mass is 294 g/mol. The number of hydrogen-bond donors (Lipinski definition) is 2. The average molecular weight is 295 g/mol. The van der Waals surface area contributed by atoms with Crippen molar-refractivity contribution >= 4 is 23.2 Å². The molecular weight excluding hydrogens is 272 g/mol. The Balaban J connectivity index is 2.10. The van der Waals surface area contributed by atoms with Crippen molar-refractivity contribution in [2.75, 3.05) is 12.4 Å². The van der Waals surface area contributed by atoms with Crippen LogP contribution in [-0.4, -0.2) is 19.0 Å². The van der Waals surface area contributed by atoms with Gasteiger partial charge in [0.2, 0.25) is 0 Å². The Kier molecular flexibility index (Phi) is 5.30. The van der Waals surface area contributed by atoms with Gasteiger partial charge in [-0.05, 0) is 37.0 Å². The quantitative estimate of drug-likeness (QED) is 0.878. The van der Waals surface area contributed by atoms with E-state index in [1.807, 2.05) is 6.07 Å². The molecule has 2 unspecified atom stereocenters. The maximum Gasteiger partial charge on any atom is 0.251 e. The molecule has 1 amide bonds. The number of hydrogen-bond acceptors (Lipinski definition) is 2. The van der Waals surface area contributed by atoms with Crippen LogP contribution in [-0.2, 0) is 0 Å². The van der Waals surface area contributed by atoms with Gasteiger partial charge < -0.3 is 10.6 Å². The first-order valence-electron chi connectivity index (χ1n) is 7.42. The molecule has 2 atom stereocenters. The molecule has 2 N–H and O–H groups in total. The van der Waals surface area contributed by atoms with Gasteiger partial charge in [-0.1, -0.05) is 37.8 Å². The van der Waals surface area contributed by atoms with Crippen LogP contribution in [0.15, 0.2) is 18.2 Å². The van der Waals surface area contributed by atoms with Crippen molar-refractivity contribution < 1.29 is 4.79 Å². The fraction of sp³-hybridized carbons (Fsp3) is 0.562. The van der Waals surface area contributed by atoms with Crippen LogP contribution < -0.4 is 10.6 Å². The number of rotatable bonds is 4. The van der Waals surface area contributed by atoms with Crippen molar-refractivity contribution in [3.8, 4) is 0 Å². The molecule has 20 heavy (non-hydrogen) atoms. The van der Waals surface area contributed by atoms with Crippen LogP contribution in [0.3, 0.4) is 0 Å². The van der Waals surface area contributed by atoms with Crippen LogP contribution >= 0.6 is 11.6 Å². The number of benzene rings is 1. The van der Waals surface area contributed by atoms with E-state index in [1.54, 1.807) is 19.2 Å². The zero-order valence-corrected chi connectivity index (χ0v) is 13.0. The summed E-state index contributed by atoms with van der Waals surface area (Å²) in [6.45, 7) is 2.26. The highest BCUT2D eigenvalue weighted by Crippen LogP contribution is 2.31. The van der Waals surface area contributed by atoms with Crippen molar-refractivity contribution in [2.24, 2.45) is 5.92 Å². The molecule has 0 aliphatic heterocycles. The minimum absolute atomic E-state index is 0.0835. The van der Waals surface area contributed by atoms with Crippen LogP contribution in [0.4, 0.5) is 5.69 Å². The van der Waals surface area contributed by atoms with Crippen LogP contribution in [0.1, 0.15) is 49.4 Å². The molecule has 1 aliphatic carbocycles. The van der Waals surface area contributed by atoms with Gasteiger partial charge in [0.15, 0.2) is 0 Å². The van der Waals surface area contributed by atoms with Gasteiger partial charge in [0, 0.05) is 18.7 Å². The van der Waals surface area contributed by atoms with Gasteiger partial charge >= 0.3 is 0 Å². The summed E-state index contributed by atoms with van der Waals surface area (Å²) in [6, 6.07) is 5.85. The van der Waals surface area contributed by atoms with E-state index < -0.39 is 0 Å². The summed E-state index contributed by atoms with van der Waals surface area (Å²) < 4.78 is 0. The number of amides is 1. The highest BCUT2D eigenvalue weighted by atomic mass is 35.5. The molecule has 4 heteroatoms. The first kappa shape index (κ1) is 15.2. The van der Waals surface area contributed by atoms with E-state index in [0.29, 0.717) is 16.6 Å². The lowest BCUT2D eigenvalue weighted by molar-refractivity contribution is 0.0963. The SMILES string of the molecule is CCC1CCCC(Nc2cc(C(=O)NC)ccc2Cl)C1. The Morgan fingerprint density at radius 3 is 2.90 bits per heavy atom. The summed E-state index contributed by atoms with van der Waals surface area (Å²) in [5.41, 5.74) is 1.51. The summed E-state index contributed by atoms with van der Waals surface area (Å²) in [5, 5.41) is 6.84. The second kappa shape index (κ2) is 6.98. The third kappa shape index (κ3) is 3.66. The maximum absolute atomic E-state index is 11.7. The molecule has 110 valence electrons. The standard InChI is InChI=1S/C16H23ClN2O/c1-3-11-5-4-6-13(9-11)19-15-10-12(16(20)18-2)7-8-14(15)17/h7-8,10-11,13,19H,3-6,9H2,1-2H3,(H,18,20). The Labute approximate surface area is 126 Å². The summed E-state index contributed by atoms with van der Waals surface area (Å²) in [5.74, 6) is 0.724. The fourth-order valence-corrected chi connectivity index (χ4v) is 3.11. The first-order valence-corrected chi connectivity index (χ1v) is 7.80. The number of anilines is 1. The third-order valence-corrected chi connectivity index (χ3v) is 4.50. The number of carbonyl (C=O) groups is 1. The normalized spacial score (nSPS) is 22.4. The molecular formula is C16H23ClN2O. The third-order valence-electron chi connectivity index (χ3n) is 4.18. The molecule has 1 aromatic rings. The van der Waals surface area contributed by atoms with E-state index in [-0.39, 0.29) is 5.91 Å². The zero-order valence-electron chi connectivity index (χ0n) is 12.2. The molecule has 2 rings (SSSR count).